The minimum atomic E-state index is -0.439. The Morgan fingerprint density at radius 1 is 1.03 bits per heavy atom. The molecule has 0 aromatic carbocycles. The Labute approximate surface area is 196 Å². The summed E-state index contributed by atoms with van der Waals surface area (Å²) in [6.45, 7) is 1.99. The van der Waals surface area contributed by atoms with E-state index in [4.69, 9.17) is 9.97 Å². The van der Waals surface area contributed by atoms with E-state index in [-0.39, 0.29) is 22.4 Å². The van der Waals surface area contributed by atoms with Crippen molar-refractivity contribution in [1.82, 2.24) is 19.5 Å². The van der Waals surface area contributed by atoms with Crippen LogP contribution >= 0.6 is 11.8 Å². The van der Waals surface area contributed by atoms with Crippen LogP contribution in [0.4, 0.5) is 0 Å². The highest BCUT2D eigenvalue weighted by molar-refractivity contribution is 8.00. The van der Waals surface area contributed by atoms with Gasteiger partial charge in [0.25, 0.3) is 5.56 Å². The zero-order chi connectivity index (χ0) is 22.5. The molecule has 0 radical (unpaired) electrons. The number of carbonyl (C=O) groups excluding carboxylic acids is 1. The van der Waals surface area contributed by atoms with Crippen molar-refractivity contribution < 1.29 is 4.79 Å². The third kappa shape index (κ3) is 3.27. The van der Waals surface area contributed by atoms with Gasteiger partial charge >= 0.3 is 5.69 Å². The second-order valence-corrected chi connectivity index (χ2v) is 12.9. The molecular formula is C25H30N4O3S. The summed E-state index contributed by atoms with van der Waals surface area (Å²) in [4.78, 5) is 51.5. The number of H-pyrrole nitrogens is 1. The SMILES string of the molecule is CC(Sc1nc(C2CC2)nc2c1c(=O)[nH]c(=O)n2C1CC1)C(=O)C12CC3CC(CC(C3)C1)C2. The van der Waals surface area contributed by atoms with Crippen LogP contribution in [0.2, 0.25) is 0 Å². The summed E-state index contributed by atoms with van der Waals surface area (Å²) >= 11 is 1.41. The number of hydrogen-bond donors (Lipinski definition) is 1. The minimum absolute atomic E-state index is 0.0998. The quantitative estimate of drug-likeness (QED) is 0.511. The summed E-state index contributed by atoms with van der Waals surface area (Å²) < 4.78 is 1.65. The van der Waals surface area contributed by atoms with Gasteiger partial charge in [-0.1, -0.05) is 11.8 Å². The van der Waals surface area contributed by atoms with E-state index in [0.29, 0.717) is 27.8 Å². The molecule has 2 heterocycles. The predicted molar refractivity (Wildman–Crippen MR) is 126 cm³/mol. The minimum Gasteiger partial charge on any atom is -0.298 e. The molecule has 1 atom stereocenters. The average molecular weight is 467 g/mol. The molecule has 8 heteroatoms. The smallest absolute Gasteiger partial charge is 0.298 e. The van der Waals surface area contributed by atoms with Gasteiger partial charge in [0, 0.05) is 17.4 Å². The Kier molecular flexibility index (Phi) is 4.35. The molecule has 0 spiro atoms. The molecule has 1 unspecified atom stereocenters. The zero-order valence-corrected chi connectivity index (χ0v) is 19.8. The van der Waals surface area contributed by atoms with Crippen LogP contribution in [0, 0.1) is 23.2 Å². The number of aromatic nitrogens is 4. The first-order valence-corrected chi connectivity index (χ1v) is 13.6. The number of carbonyl (C=O) groups is 1. The Morgan fingerprint density at radius 3 is 2.24 bits per heavy atom. The number of nitrogens with one attached hydrogen (secondary N) is 1. The Balaban J connectivity index is 1.28. The van der Waals surface area contributed by atoms with E-state index in [9.17, 15) is 14.4 Å². The maximum absolute atomic E-state index is 13.9. The van der Waals surface area contributed by atoms with Crippen molar-refractivity contribution in [2.75, 3.05) is 0 Å². The maximum Gasteiger partial charge on any atom is 0.330 e. The summed E-state index contributed by atoms with van der Waals surface area (Å²) in [6, 6.07) is 0.0998. The molecular weight excluding hydrogens is 436 g/mol. The maximum atomic E-state index is 13.9. The van der Waals surface area contributed by atoms with Crippen LogP contribution in [0.15, 0.2) is 14.6 Å². The Morgan fingerprint density at radius 2 is 1.67 bits per heavy atom. The van der Waals surface area contributed by atoms with Gasteiger partial charge in [0.15, 0.2) is 11.4 Å². The molecule has 6 fully saturated rings. The van der Waals surface area contributed by atoms with Gasteiger partial charge in [-0.25, -0.2) is 14.8 Å². The van der Waals surface area contributed by atoms with Gasteiger partial charge in [-0.05, 0) is 88.9 Å². The standard InChI is InChI=1S/C25H30N4O3S/c1-12(19(30)25-9-13-6-14(10-25)8-15(7-13)11-25)33-23-18-21(26-20(27-23)16-2-3-16)29(17-4-5-17)24(32)28-22(18)31/h12-17H,2-11H2,1H3,(H,28,31,32). The van der Waals surface area contributed by atoms with Crippen LogP contribution in [-0.4, -0.2) is 30.6 Å². The van der Waals surface area contributed by atoms with Crippen LogP contribution in [0.25, 0.3) is 11.0 Å². The molecule has 6 aliphatic carbocycles. The van der Waals surface area contributed by atoms with Gasteiger partial charge < -0.3 is 0 Å². The molecule has 4 bridgehead atoms. The van der Waals surface area contributed by atoms with Crippen molar-refractivity contribution in [2.24, 2.45) is 23.2 Å². The molecule has 8 rings (SSSR count). The number of nitrogens with zero attached hydrogens (tertiary/aromatic N) is 3. The Hall–Kier alpha value is -1.96. The van der Waals surface area contributed by atoms with Crippen molar-refractivity contribution in [3.8, 4) is 0 Å². The number of ketones is 1. The van der Waals surface area contributed by atoms with Gasteiger partial charge in [0.05, 0.1) is 5.25 Å². The fraction of sp³-hybridized carbons (Fsp3) is 0.720. The highest BCUT2D eigenvalue weighted by Gasteiger charge is 2.55. The summed E-state index contributed by atoms with van der Waals surface area (Å²) in [7, 11) is 0. The lowest BCUT2D eigenvalue weighted by Gasteiger charge is -2.56. The number of rotatable bonds is 6. The van der Waals surface area contributed by atoms with Crippen molar-refractivity contribution in [2.45, 2.75) is 93.4 Å². The number of hydrogen-bond acceptors (Lipinski definition) is 6. The molecule has 33 heavy (non-hydrogen) atoms. The molecule has 7 nitrogen and oxygen atoms in total. The second kappa shape index (κ2) is 7.03. The molecule has 2 aromatic heterocycles. The first kappa shape index (κ1) is 20.4. The van der Waals surface area contributed by atoms with E-state index in [1.165, 1.54) is 31.0 Å². The van der Waals surface area contributed by atoms with Crippen LogP contribution in [0.1, 0.15) is 88.9 Å². The fourth-order valence-corrected chi connectivity index (χ4v) is 8.62. The van der Waals surface area contributed by atoms with E-state index in [2.05, 4.69) is 4.98 Å². The third-order valence-electron chi connectivity index (χ3n) is 8.84. The van der Waals surface area contributed by atoms with Gasteiger partial charge in [0.2, 0.25) is 0 Å². The van der Waals surface area contributed by atoms with Gasteiger partial charge in [0.1, 0.15) is 16.2 Å². The average Bonchev–Trinajstić information content (AvgIpc) is 3.65. The van der Waals surface area contributed by atoms with E-state index in [0.717, 1.165) is 68.5 Å². The number of aromatic amines is 1. The highest BCUT2D eigenvalue weighted by Crippen LogP contribution is 2.61. The number of Topliss-reactive ketones (excluding diaryl/α,β-unsaturated/α-hetero) is 1. The van der Waals surface area contributed by atoms with E-state index in [1.807, 2.05) is 6.92 Å². The molecule has 0 amide bonds. The summed E-state index contributed by atoms with van der Waals surface area (Å²) in [6.07, 6.45) is 11.0. The van der Waals surface area contributed by atoms with E-state index in [1.54, 1.807) is 4.57 Å². The second-order valence-electron chi connectivity index (χ2n) is 11.5. The lowest BCUT2D eigenvalue weighted by molar-refractivity contribution is -0.142. The summed E-state index contributed by atoms with van der Waals surface area (Å²) in [5.74, 6) is 3.51. The van der Waals surface area contributed by atoms with E-state index < -0.39 is 5.56 Å². The van der Waals surface area contributed by atoms with Crippen molar-refractivity contribution in [1.29, 1.82) is 0 Å². The van der Waals surface area contributed by atoms with Gasteiger partial charge in [-0.3, -0.25) is 19.1 Å². The number of thioether (sulfide) groups is 1. The predicted octanol–water partition coefficient (Wildman–Crippen LogP) is 3.96. The van der Waals surface area contributed by atoms with Crippen molar-refractivity contribution in [3.63, 3.8) is 0 Å². The molecule has 0 saturated heterocycles. The van der Waals surface area contributed by atoms with Gasteiger partial charge in [-0.2, -0.15) is 0 Å². The Bertz CT molecular complexity index is 1250. The van der Waals surface area contributed by atoms with Crippen LogP contribution < -0.4 is 11.2 Å². The molecule has 0 aliphatic heterocycles. The topological polar surface area (TPSA) is 97.7 Å². The monoisotopic (exact) mass is 466 g/mol. The largest absolute Gasteiger partial charge is 0.330 e. The highest BCUT2D eigenvalue weighted by atomic mass is 32.2. The van der Waals surface area contributed by atoms with Crippen LogP contribution in [0.5, 0.6) is 0 Å². The zero-order valence-electron chi connectivity index (χ0n) is 19.0. The van der Waals surface area contributed by atoms with Crippen LogP contribution in [-0.2, 0) is 4.79 Å². The summed E-state index contributed by atoms with van der Waals surface area (Å²) in [5, 5.41) is 0.677. The third-order valence-corrected chi connectivity index (χ3v) is 9.93. The first-order valence-electron chi connectivity index (χ1n) is 12.7. The van der Waals surface area contributed by atoms with E-state index >= 15 is 0 Å². The first-order chi connectivity index (χ1) is 15.9. The lowest BCUT2D eigenvalue weighted by Crippen LogP contribution is -2.51. The van der Waals surface area contributed by atoms with Gasteiger partial charge in [-0.15, -0.1) is 0 Å². The van der Waals surface area contributed by atoms with Crippen molar-refractivity contribution >= 4 is 28.6 Å². The summed E-state index contributed by atoms with van der Waals surface area (Å²) in [5.41, 5.74) is -0.540. The normalized spacial score (nSPS) is 33.5. The van der Waals surface area contributed by atoms with Crippen molar-refractivity contribution in [3.05, 3.63) is 26.7 Å². The molecule has 1 N–H and O–H groups in total. The number of fused-ring (bicyclic) bond motifs is 1. The molecule has 6 saturated carbocycles. The lowest BCUT2D eigenvalue weighted by atomic mass is 9.48. The molecule has 2 aromatic rings. The fourth-order valence-electron chi connectivity index (χ4n) is 7.48. The molecule has 6 aliphatic rings. The van der Waals surface area contributed by atoms with Crippen LogP contribution in [0.3, 0.4) is 0 Å². The molecule has 174 valence electrons.